The van der Waals surface area contributed by atoms with E-state index in [1.54, 1.807) is 5.20 Å². The van der Waals surface area contributed by atoms with Gasteiger partial charge < -0.3 is 4.43 Å². The Labute approximate surface area is 189 Å². The lowest BCUT2D eigenvalue weighted by atomic mass is 9.94. The lowest BCUT2D eigenvalue weighted by Crippen LogP contribution is -2.33. The van der Waals surface area contributed by atoms with Gasteiger partial charge in [-0.3, -0.25) is 0 Å². The minimum atomic E-state index is -1.51. The fourth-order valence-corrected chi connectivity index (χ4v) is 7.76. The van der Waals surface area contributed by atoms with Gasteiger partial charge in [-0.15, -0.1) is 0 Å². The Morgan fingerprint density at radius 2 is 1.65 bits per heavy atom. The fourth-order valence-electron chi connectivity index (χ4n) is 4.72. The molecule has 0 amide bonds. The van der Waals surface area contributed by atoms with Gasteiger partial charge in [-0.05, 0) is 89.6 Å². The SMILES string of the molecule is CC(C)=c1ccc2c(c1C1=CC([Si](C)(C)CCO[Si](C)(C)C)=CC1)C=c1ccccc1=2. The maximum absolute atomic E-state index is 6.20. The Hall–Kier alpha value is -1.95. The summed E-state index contributed by atoms with van der Waals surface area (Å²) in [5.41, 5.74) is 5.72. The minimum absolute atomic E-state index is 0.909. The van der Waals surface area contributed by atoms with Crippen LogP contribution in [0.4, 0.5) is 0 Å². The van der Waals surface area contributed by atoms with Crippen LogP contribution in [0.5, 0.6) is 0 Å². The van der Waals surface area contributed by atoms with Gasteiger partial charge in [0.05, 0.1) is 8.07 Å². The minimum Gasteiger partial charge on any atom is -0.418 e. The molecule has 0 heterocycles. The van der Waals surface area contributed by atoms with E-state index in [0.717, 1.165) is 13.0 Å². The maximum atomic E-state index is 6.20. The number of fused-ring (bicyclic) bond motifs is 2. The maximum Gasteiger partial charge on any atom is 0.183 e. The highest BCUT2D eigenvalue weighted by Gasteiger charge is 2.29. The number of hydrogen-bond acceptors (Lipinski definition) is 1. The van der Waals surface area contributed by atoms with Crippen molar-refractivity contribution in [3.05, 3.63) is 85.7 Å². The van der Waals surface area contributed by atoms with Gasteiger partial charge >= 0.3 is 0 Å². The molecule has 0 aromatic heterocycles. The third kappa shape index (κ3) is 4.50. The molecule has 0 fully saturated rings. The first-order valence-corrected chi connectivity index (χ1v) is 18.2. The Morgan fingerprint density at radius 1 is 0.903 bits per heavy atom. The first-order valence-electron chi connectivity index (χ1n) is 11.5. The van der Waals surface area contributed by atoms with Gasteiger partial charge in [-0.1, -0.05) is 72.4 Å². The largest absolute Gasteiger partial charge is 0.418 e. The van der Waals surface area contributed by atoms with Crippen molar-refractivity contribution in [1.29, 1.82) is 0 Å². The first kappa shape index (κ1) is 22.3. The molecular formula is C28H36OSi2. The summed E-state index contributed by atoms with van der Waals surface area (Å²) in [4.78, 5) is 0. The predicted molar refractivity (Wildman–Crippen MR) is 140 cm³/mol. The van der Waals surface area contributed by atoms with E-state index < -0.39 is 16.4 Å². The molecule has 0 aliphatic heterocycles. The van der Waals surface area contributed by atoms with Gasteiger partial charge in [0.15, 0.2) is 8.32 Å². The van der Waals surface area contributed by atoms with Crippen LogP contribution in [0.1, 0.15) is 31.4 Å². The summed E-state index contributed by atoms with van der Waals surface area (Å²) in [6.45, 7) is 17.2. The molecule has 2 aromatic carbocycles. The second kappa shape index (κ2) is 8.20. The highest BCUT2D eigenvalue weighted by Crippen LogP contribution is 2.34. The van der Waals surface area contributed by atoms with Crippen LogP contribution >= 0.6 is 0 Å². The molecule has 0 spiro atoms. The molecule has 0 N–H and O–H groups in total. The normalized spacial score (nSPS) is 15.2. The molecule has 4 rings (SSSR count). The van der Waals surface area contributed by atoms with Gasteiger partial charge in [0, 0.05) is 6.61 Å². The lowest BCUT2D eigenvalue weighted by Gasteiger charge is -2.25. The molecule has 3 heteroatoms. The van der Waals surface area contributed by atoms with E-state index in [0.29, 0.717) is 0 Å². The Kier molecular flexibility index (Phi) is 5.88. The Morgan fingerprint density at radius 3 is 2.35 bits per heavy atom. The van der Waals surface area contributed by atoms with Crippen molar-refractivity contribution in [2.24, 2.45) is 0 Å². The second-order valence-corrected chi connectivity index (χ2v) is 20.2. The van der Waals surface area contributed by atoms with Crippen LogP contribution in [-0.4, -0.2) is 23.0 Å². The lowest BCUT2D eigenvalue weighted by molar-refractivity contribution is 0.332. The standard InChI is InChI=1S/C28H36OSi2/c1-20(2)24-14-15-26-25-11-9-8-10-21(25)19-27(26)28(24)22-12-13-23(18-22)31(6,7)17-16-29-30(3,4)5/h8-11,13-15,18-19H,12,16-17H2,1-7H3. The van der Waals surface area contributed by atoms with E-state index in [1.165, 1.54) is 49.2 Å². The van der Waals surface area contributed by atoms with E-state index in [1.807, 2.05) is 0 Å². The topological polar surface area (TPSA) is 9.23 Å². The highest BCUT2D eigenvalue weighted by molar-refractivity contribution is 6.85. The van der Waals surface area contributed by atoms with Gasteiger partial charge in [0.1, 0.15) is 0 Å². The van der Waals surface area contributed by atoms with E-state index in [9.17, 15) is 0 Å². The van der Waals surface area contributed by atoms with Crippen LogP contribution < -0.4 is 10.4 Å². The van der Waals surface area contributed by atoms with E-state index >= 15 is 0 Å². The third-order valence-electron chi connectivity index (χ3n) is 6.57. The second-order valence-electron chi connectivity index (χ2n) is 10.8. The molecule has 0 atom stereocenters. The Bertz CT molecular complexity index is 1300. The summed E-state index contributed by atoms with van der Waals surface area (Å²) in [5, 5.41) is 7.07. The molecule has 0 radical (unpaired) electrons. The van der Waals surface area contributed by atoms with Crippen LogP contribution in [0.15, 0.2) is 53.7 Å². The average Bonchev–Trinajstić information content (AvgIpc) is 3.31. The number of benzene rings is 2. The van der Waals surface area contributed by atoms with Crippen LogP contribution in [0.25, 0.3) is 17.2 Å². The highest BCUT2D eigenvalue weighted by atomic mass is 28.4. The van der Waals surface area contributed by atoms with E-state index in [4.69, 9.17) is 4.43 Å². The molecule has 162 valence electrons. The molecule has 0 saturated carbocycles. The zero-order valence-electron chi connectivity index (χ0n) is 20.2. The molecule has 0 bridgehead atoms. The molecule has 0 unspecified atom stereocenters. The molecular weight excluding hydrogens is 408 g/mol. The van der Waals surface area contributed by atoms with Crippen LogP contribution in [-0.2, 0) is 4.43 Å². The van der Waals surface area contributed by atoms with Gasteiger partial charge in [-0.25, -0.2) is 0 Å². The van der Waals surface area contributed by atoms with Gasteiger partial charge in [0.2, 0.25) is 0 Å². The van der Waals surface area contributed by atoms with Crippen molar-refractivity contribution in [1.82, 2.24) is 0 Å². The summed E-state index contributed by atoms with van der Waals surface area (Å²) in [6, 6.07) is 14.6. The number of hydrogen-bond donors (Lipinski definition) is 0. The van der Waals surface area contributed by atoms with E-state index in [-0.39, 0.29) is 0 Å². The smallest absolute Gasteiger partial charge is 0.183 e. The summed E-state index contributed by atoms with van der Waals surface area (Å²) >= 11 is 0. The van der Waals surface area contributed by atoms with Crippen LogP contribution in [0.2, 0.25) is 38.8 Å². The molecule has 0 saturated heterocycles. The van der Waals surface area contributed by atoms with Crippen molar-refractivity contribution in [2.75, 3.05) is 6.61 Å². The molecule has 1 nitrogen and oxygen atoms in total. The molecule has 2 aliphatic rings. The van der Waals surface area contributed by atoms with Crippen LogP contribution in [0.3, 0.4) is 0 Å². The zero-order chi connectivity index (χ0) is 22.4. The van der Waals surface area contributed by atoms with Crippen molar-refractivity contribution in [2.45, 2.75) is 59.0 Å². The van der Waals surface area contributed by atoms with Crippen LogP contribution in [0, 0.1) is 10.4 Å². The van der Waals surface area contributed by atoms with Gasteiger partial charge in [-0.2, -0.15) is 0 Å². The number of allylic oxidation sites excluding steroid dienone is 4. The summed E-state index contributed by atoms with van der Waals surface area (Å²) in [5.74, 6) is 0. The summed E-state index contributed by atoms with van der Waals surface area (Å²) in [7, 11) is -2.96. The quantitative estimate of drug-likeness (QED) is 0.416. The van der Waals surface area contributed by atoms with Gasteiger partial charge in [0.25, 0.3) is 0 Å². The summed E-state index contributed by atoms with van der Waals surface area (Å²) < 4.78 is 6.20. The van der Waals surface area contributed by atoms with Crippen molar-refractivity contribution in [3.8, 4) is 0 Å². The Balaban J connectivity index is 1.75. The molecule has 2 aliphatic carbocycles. The first-order chi connectivity index (χ1) is 14.6. The fraction of sp³-hybridized carbons (Fsp3) is 0.357. The van der Waals surface area contributed by atoms with Crippen molar-refractivity contribution < 1.29 is 4.43 Å². The van der Waals surface area contributed by atoms with E-state index in [2.05, 4.69) is 101 Å². The third-order valence-corrected chi connectivity index (χ3v) is 11.0. The predicted octanol–water partition coefficient (Wildman–Crippen LogP) is 6.12. The monoisotopic (exact) mass is 444 g/mol. The number of rotatable bonds is 6. The zero-order valence-corrected chi connectivity index (χ0v) is 22.2. The summed E-state index contributed by atoms with van der Waals surface area (Å²) in [6.07, 6.45) is 8.48. The van der Waals surface area contributed by atoms with Crippen molar-refractivity contribution >= 4 is 33.6 Å². The average molecular weight is 445 g/mol. The molecule has 2 aromatic rings. The van der Waals surface area contributed by atoms with Crippen molar-refractivity contribution in [3.63, 3.8) is 0 Å². The molecule has 31 heavy (non-hydrogen) atoms.